The van der Waals surface area contributed by atoms with Crippen LogP contribution in [0.2, 0.25) is 5.02 Å². The summed E-state index contributed by atoms with van der Waals surface area (Å²) in [4.78, 5) is 12.2. The summed E-state index contributed by atoms with van der Waals surface area (Å²) >= 11 is 12.8. The minimum absolute atomic E-state index is 0.195. The summed E-state index contributed by atoms with van der Waals surface area (Å²) in [6.45, 7) is 1.94. The molecule has 0 atom stereocenters. The summed E-state index contributed by atoms with van der Waals surface area (Å²) in [5.74, 6) is -0.195. The summed E-state index contributed by atoms with van der Waals surface area (Å²) in [6.07, 6.45) is 0. The van der Waals surface area contributed by atoms with Crippen LogP contribution in [0.3, 0.4) is 0 Å². The average molecular weight is 404 g/mol. The van der Waals surface area contributed by atoms with Crippen LogP contribution in [0, 0.1) is 6.92 Å². The summed E-state index contributed by atoms with van der Waals surface area (Å²) in [7, 11) is 0. The highest BCUT2D eigenvalue weighted by Gasteiger charge is 2.12. The normalized spacial score (nSPS) is 10.3. The summed E-state index contributed by atoms with van der Waals surface area (Å²) < 4.78 is 1.62. The van der Waals surface area contributed by atoms with E-state index in [2.05, 4.69) is 37.2 Å². The van der Waals surface area contributed by atoms with Gasteiger partial charge in [-0.05, 0) is 53.2 Å². The molecule has 0 bridgehead atoms. The molecule has 2 aromatic rings. The van der Waals surface area contributed by atoms with Crippen LogP contribution >= 0.6 is 43.5 Å². The molecule has 5 heteroatoms. The van der Waals surface area contributed by atoms with Crippen molar-refractivity contribution in [3.05, 3.63) is 61.5 Å². The molecule has 19 heavy (non-hydrogen) atoms. The zero-order valence-corrected chi connectivity index (χ0v) is 13.9. The van der Waals surface area contributed by atoms with E-state index in [4.69, 9.17) is 11.6 Å². The summed E-state index contributed by atoms with van der Waals surface area (Å²) in [5.41, 5.74) is 2.19. The van der Waals surface area contributed by atoms with Gasteiger partial charge in [0.25, 0.3) is 5.91 Å². The Morgan fingerprint density at radius 1 is 1.16 bits per heavy atom. The van der Waals surface area contributed by atoms with Crippen LogP contribution in [0.5, 0.6) is 0 Å². The summed E-state index contributed by atoms with van der Waals surface area (Å²) in [6, 6.07) is 10.9. The van der Waals surface area contributed by atoms with Crippen molar-refractivity contribution < 1.29 is 4.79 Å². The molecule has 2 nitrogen and oxygen atoms in total. The molecule has 0 saturated carbocycles. The van der Waals surface area contributed by atoms with Crippen molar-refractivity contribution in [2.24, 2.45) is 0 Å². The molecule has 0 unspecified atom stereocenters. The molecule has 0 aliphatic heterocycles. The van der Waals surface area contributed by atoms with Crippen molar-refractivity contribution >= 4 is 55.1 Å². The van der Waals surface area contributed by atoms with E-state index in [9.17, 15) is 4.79 Å². The van der Waals surface area contributed by atoms with E-state index in [0.29, 0.717) is 16.3 Å². The van der Waals surface area contributed by atoms with Gasteiger partial charge in [0.05, 0.1) is 16.3 Å². The highest BCUT2D eigenvalue weighted by atomic mass is 79.9. The molecule has 1 N–H and O–H groups in total. The lowest BCUT2D eigenvalue weighted by Gasteiger charge is -2.09. The standard InChI is InChI=1S/C14H10Br2ClNO/c1-8-2-4-11(16)10(6-8)14(19)18-13-5-3-9(15)7-12(13)17/h2-7H,1H3,(H,18,19). The highest BCUT2D eigenvalue weighted by Crippen LogP contribution is 2.27. The van der Waals surface area contributed by atoms with Gasteiger partial charge in [0.1, 0.15) is 0 Å². The van der Waals surface area contributed by atoms with Gasteiger partial charge in [0.2, 0.25) is 0 Å². The van der Waals surface area contributed by atoms with Gasteiger partial charge in [-0.3, -0.25) is 4.79 Å². The Labute approximate surface area is 133 Å². The van der Waals surface area contributed by atoms with Crippen LogP contribution < -0.4 is 5.32 Å². The van der Waals surface area contributed by atoms with Crippen molar-refractivity contribution in [2.45, 2.75) is 6.92 Å². The smallest absolute Gasteiger partial charge is 0.256 e. The first-order valence-corrected chi connectivity index (χ1v) is 7.46. The van der Waals surface area contributed by atoms with Gasteiger partial charge in [-0.15, -0.1) is 0 Å². The van der Waals surface area contributed by atoms with Crippen LogP contribution in [0.4, 0.5) is 5.69 Å². The second-order valence-electron chi connectivity index (χ2n) is 4.06. The largest absolute Gasteiger partial charge is 0.321 e. The van der Waals surface area contributed by atoms with E-state index >= 15 is 0 Å². The Balaban J connectivity index is 2.28. The van der Waals surface area contributed by atoms with Crippen molar-refractivity contribution in [3.8, 4) is 0 Å². The number of hydrogen-bond acceptors (Lipinski definition) is 1. The van der Waals surface area contributed by atoms with Gasteiger partial charge in [-0.2, -0.15) is 0 Å². The Bertz CT molecular complexity index is 643. The van der Waals surface area contributed by atoms with Crippen LogP contribution in [0.1, 0.15) is 15.9 Å². The maximum Gasteiger partial charge on any atom is 0.256 e. The minimum Gasteiger partial charge on any atom is -0.321 e. The number of aryl methyl sites for hydroxylation is 1. The predicted octanol–water partition coefficient (Wildman–Crippen LogP) is 5.43. The molecule has 0 radical (unpaired) electrons. The monoisotopic (exact) mass is 401 g/mol. The topological polar surface area (TPSA) is 29.1 Å². The Hall–Kier alpha value is -0.840. The molecule has 0 fully saturated rings. The van der Waals surface area contributed by atoms with E-state index < -0.39 is 0 Å². The first-order chi connectivity index (χ1) is 8.97. The van der Waals surface area contributed by atoms with Crippen molar-refractivity contribution in [1.29, 1.82) is 0 Å². The molecule has 2 aromatic carbocycles. The van der Waals surface area contributed by atoms with Crippen molar-refractivity contribution in [2.75, 3.05) is 5.32 Å². The third kappa shape index (κ3) is 3.59. The molecule has 0 aliphatic carbocycles. The van der Waals surface area contributed by atoms with Gasteiger partial charge in [-0.1, -0.05) is 39.2 Å². The first kappa shape index (κ1) is 14.6. The van der Waals surface area contributed by atoms with Gasteiger partial charge in [0.15, 0.2) is 0 Å². The van der Waals surface area contributed by atoms with Crippen molar-refractivity contribution in [1.82, 2.24) is 0 Å². The SMILES string of the molecule is Cc1ccc(Br)c(C(=O)Nc2ccc(Br)cc2Cl)c1. The molecule has 0 aliphatic rings. The van der Waals surface area contributed by atoms with E-state index in [-0.39, 0.29) is 5.91 Å². The lowest BCUT2D eigenvalue weighted by atomic mass is 10.1. The number of carbonyl (C=O) groups is 1. The van der Waals surface area contributed by atoms with Crippen LogP contribution in [0.15, 0.2) is 45.3 Å². The molecule has 0 spiro atoms. The second-order valence-corrected chi connectivity index (χ2v) is 6.24. The maximum absolute atomic E-state index is 12.2. The molecule has 98 valence electrons. The lowest BCUT2D eigenvalue weighted by Crippen LogP contribution is -2.13. The van der Waals surface area contributed by atoms with Gasteiger partial charge >= 0.3 is 0 Å². The van der Waals surface area contributed by atoms with Crippen LogP contribution in [-0.4, -0.2) is 5.91 Å². The molecular formula is C14H10Br2ClNO. The summed E-state index contributed by atoms with van der Waals surface area (Å²) in [5, 5.41) is 3.29. The first-order valence-electron chi connectivity index (χ1n) is 5.50. The molecule has 2 rings (SSSR count). The fraction of sp³-hybridized carbons (Fsp3) is 0.0714. The van der Waals surface area contributed by atoms with E-state index in [1.165, 1.54) is 0 Å². The predicted molar refractivity (Wildman–Crippen MR) is 86.0 cm³/mol. The third-order valence-electron chi connectivity index (χ3n) is 2.55. The fourth-order valence-electron chi connectivity index (χ4n) is 1.59. The number of halogens is 3. The minimum atomic E-state index is -0.195. The molecule has 0 saturated heterocycles. The third-order valence-corrected chi connectivity index (χ3v) is 4.04. The second kappa shape index (κ2) is 6.07. The zero-order chi connectivity index (χ0) is 14.0. The highest BCUT2D eigenvalue weighted by molar-refractivity contribution is 9.10. The molecule has 1 amide bonds. The Morgan fingerprint density at radius 3 is 2.58 bits per heavy atom. The average Bonchev–Trinajstić information content (AvgIpc) is 2.35. The Morgan fingerprint density at radius 2 is 1.89 bits per heavy atom. The number of nitrogens with one attached hydrogen (secondary N) is 1. The maximum atomic E-state index is 12.2. The number of benzene rings is 2. The number of hydrogen-bond donors (Lipinski definition) is 1. The molecule has 0 aromatic heterocycles. The van der Waals surface area contributed by atoms with E-state index in [0.717, 1.165) is 14.5 Å². The number of amides is 1. The number of carbonyl (C=O) groups excluding carboxylic acids is 1. The van der Waals surface area contributed by atoms with E-state index in [1.807, 2.05) is 31.2 Å². The van der Waals surface area contributed by atoms with E-state index in [1.54, 1.807) is 12.1 Å². The fourth-order valence-corrected chi connectivity index (χ4v) is 2.74. The van der Waals surface area contributed by atoms with Crippen LogP contribution in [-0.2, 0) is 0 Å². The molecular weight excluding hydrogens is 393 g/mol. The number of anilines is 1. The van der Waals surface area contributed by atoms with Gasteiger partial charge in [-0.25, -0.2) is 0 Å². The lowest BCUT2D eigenvalue weighted by molar-refractivity contribution is 0.102. The molecule has 0 heterocycles. The van der Waals surface area contributed by atoms with Crippen LogP contribution in [0.25, 0.3) is 0 Å². The Kier molecular flexibility index (Phi) is 4.66. The quantitative estimate of drug-likeness (QED) is 0.712. The van der Waals surface area contributed by atoms with Gasteiger partial charge in [0, 0.05) is 8.95 Å². The zero-order valence-electron chi connectivity index (χ0n) is 10.0. The number of rotatable bonds is 2. The van der Waals surface area contributed by atoms with Crippen molar-refractivity contribution in [3.63, 3.8) is 0 Å². The van der Waals surface area contributed by atoms with Gasteiger partial charge < -0.3 is 5.32 Å².